The van der Waals surface area contributed by atoms with Crippen LogP contribution in [0.25, 0.3) is 12.2 Å². The van der Waals surface area contributed by atoms with Crippen LogP contribution < -0.4 is 0 Å². The molecule has 28 heavy (non-hydrogen) atoms. The number of hydrogen-bond acceptors (Lipinski definition) is 7. The number of nitrogens with zero attached hydrogens (tertiary/aromatic N) is 2. The number of carbonyl (C=O) groups excluding carboxylic acids is 2. The monoisotopic (exact) mass is 401 g/mol. The molecule has 1 aromatic heterocycles. The Kier molecular flexibility index (Phi) is 6.41. The molecule has 7 nitrogen and oxygen atoms in total. The number of nitrogens with one attached hydrogen (secondary N) is 1. The number of ether oxygens (including phenoxy) is 2. The fourth-order valence-electron chi connectivity index (χ4n) is 3.06. The highest BCUT2D eigenvalue weighted by atomic mass is 32.2. The number of allylic oxidation sites excluding steroid dienone is 2. The van der Waals surface area contributed by atoms with E-state index in [0.29, 0.717) is 24.8 Å². The number of aliphatic imine (C=N–C) groups is 1. The number of ketones is 1. The van der Waals surface area contributed by atoms with Crippen molar-refractivity contribution in [2.75, 3.05) is 31.2 Å². The second-order valence-corrected chi connectivity index (χ2v) is 7.33. The molecule has 1 saturated heterocycles. The Hall–Kier alpha value is -2.74. The van der Waals surface area contributed by atoms with Gasteiger partial charge in [-0.25, -0.2) is 9.79 Å². The highest BCUT2D eigenvalue weighted by Crippen LogP contribution is 2.33. The molecule has 2 aliphatic heterocycles. The zero-order valence-corrected chi connectivity index (χ0v) is 16.8. The van der Waals surface area contributed by atoms with Gasteiger partial charge in [-0.05, 0) is 26.6 Å². The molecule has 0 amide bonds. The van der Waals surface area contributed by atoms with Crippen LogP contribution in [0.1, 0.15) is 25.0 Å². The van der Waals surface area contributed by atoms with Gasteiger partial charge in [0.2, 0.25) is 11.7 Å². The molecule has 1 aromatic rings. The first-order chi connectivity index (χ1) is 13.6. The molecule has 1 fully saturated rings. The van der Waals surface area contributed by atoms with E-state index in [0.717, 1.165) is 22.6 Å². The summed E-state index contributed by atoms with van der Waals surface area (Å²) in [5, 5.41) is 0. The minimum Gasteiger partial charge on any atom is -0.462 e. The van der Waals surface area contributed by atoms with E-state index in [-0.39, 0.29) is 17.9 Å². The number of esters is 1. The maximum atomic E-state index is 13.0. The van der Waals surface area contributed by atoms with Gasteiger partial charge in [-0.2, -0.15) is 11.8 Å². The molecule has 8 heteroatoms. The third kappa shape index (κ3) is 3.91. The van der Waals surface area contributed by atoms with Crippen molar-refractivity contribution in [1.29, 1.82) is 0 Å². The van der Waals surface area contributed by atoms with Crippen LogP contribution in [0.3, 0.4) is 0 Å². The third-order valence-corrected chi connectivity index (χ3v) is 5.30. The van der Waals surface area contributed by atoms with Crippen molar-refractivity contribution in [2.45, 2.75) is 13.8 Å². The van der Waals surface area contributed by atoms with Crippen LogP contribution in [0.2, 0.25) is 0 Å². The van der Waals surface area contributed by atoms with E-state index < -0.39 is 11.8 Å². The minimum absolute atomic E-state index is 0.0369. The Morgan fingerprint density at radius 3 is 2.86 bits per heavy atom. The van der Waals surface area contributed by atoms with Gasteiger partial charge in [-0.15, -0.1) is 0 Å². The third-order valence-electron chi connectivity index (χ3n) is 4.36. The van der Waals surface area contributed by atoms with Crippen molar-refractivity contribution in [1.82, 2.24) is 9.88 Å². The molecule has 0 unspecified atom stereocenters. The summed E-state index contributed by atoms with van der Waals surface area (Å²) in [6.07, 6.45) is 7.08. The van der Waals surface area contributed by atoms with Crippen LogP contribution in [-0.2, 0) is 19.1 Å². The summed E-state index contributed by atoms with van der Waals surface area (Å²) in [5.74, 6) is 1.69. The lowest BCUT2D eigenvalue weighted by atomic mass is 10.1. The Balaban J connectivity index is 1.98. The molecule has 0 aromatic carbocycles. The molecule has 0 spiro atoms. The quantitative estimate of drug-likeness (QED) is 0.341. The zero-order valence-electron chi connectivity index (χ0n) is 16.0. The molecule has 0 saturated carbocycles. The van der Waals surface area contributed by atoms with Crippen LogP contribution >= 0.6 is 11.8 Å². The normalized spacial score (nSPS) is 18.9. The number of H-pyrrole nitrogens is 1. The van der Waals surface area contributed by atoms with Crippen molar-refractivity contribution in [2.24, 2.45) is 4.99 Å². The number of rotatable bonds is 6. The molecule has 0 radical (unpaired) electrons. The zero-order chi connectivity index (χ0) is 20.1. The molecule has 1 N–H and O–H groups in total. The van der Waals surface area contributed by atoms with E-state index in [2.05, 4.69) is 16.7 Å². The SMILES string of the molecule is C=Nc1[nH]cc(/C=C2\OC(N3CCSCC3)=C(C(=O)OCC)C2=O)c1/C=C\C. The molecular weight excluding hydrogens is 378 g/mol. The smallest absolute Gasteiger partial charge is 0.347 e. The van der Waals surface area contributed by atoms with Crippen molar-refractivity contribution in [3.63, 3.8) is 0 Å². The summed E-state index contributed by atoms with van der Waals surface area (Å²) in [6, 6.07) is 0. The van der Waals surface area contributed by atoms with Gasteiger partial charge in [0.15, 0.2) is 11.3 Å². The number of aromatic nitrogens is 1. The van der Waals surface area contributed by atoms with Gasteiger partial charge in [0.1, 0.15) is 5.82 Å². The Morgan fingerprint density at radius 2 is 2.21 bits per heavy atom. The lowest BCUT2D eigenvalue weighted by Gasteiger charge is -2.28. The second-order valence-electron chi connectivity index (χ2n) is 6.10. The lowest BCUT2D eigenvalue weighted by Crippen LogP contribution is -2.33. The van der Waals surface area contributed by atoms with Crippen molar-refractivity contribution >= 4 is 48.2 Å². The van der Waals surface area contributed by atoms with Crippen LogP contribution in [0.15, 0.2) is 34.5 Å². The first-order valence-electron chi connectivity index (χ1n) is 9.09. The maximum absolute atomic E-state index is 13.0. The highest BCUT2D eigenvalue weighted by Gasteiger charge is 2.39. The van der Waals surface area contributed by atoms with Gasteiger partial charge >= 0.3 is 5.97 Å². The predicted molar refractivity (Wildman–Crippen MR) is 111 cm³/mol. The topological polar surface area (TPSA) is 84.0 Å². The summed E-state index contributed by atoms with van der Waals surface area (Å²) in [7, 11) is 0. The lowest BCUT2D eigenvalue weighted by molar-refractivity contribution is -0.139. The van der Waals surface area contributed by atoms with Gasteiger partial charge in [-0.3, -0.25) is 4.79 Å². The fourth-order valence-corrected chi connectivity index (χ4v) is 3.96. The van der Waals surface area contributed by atoms with E-state index in [1.165, 1.54) is 0 Å². The van der Waals surface area contributed by atoms with Crippen LogP contribution in [0.4, 0.5) is 5.82 Å². The molecule has 3 rings (SSSR count). The fraction of sp³-hybridized carbons (Fsp3) is 0.350. The van der Waals surface area contributed by atoms with Crippen molar-refractivity contribution in [3.8, 4) is 0 Å². The van der Waals surface area contributed by atoms with E-state index in [1.807, 2.05) is 35.7 Å². The molecule has 3 heterocycles. The summed E-state index contributed by atoms with van der Waals surface area (Å²) in [4.78, 5) is 34.3. The van der Waals surface area contributed by atoms with Crippen molar-refractivity contribution < 1.29 is 19.1 Å². The number of hydrogen-bond donors (Lipinski definition) is 1. The maximum Gasteiger partial charge on any atom is 0.347 e. The van der Waals surface area contributed by atoms with E-state index in [4.69, 9.17) is 9.47 Å². The first kappa shape index (κ1) is 20.0. The Morgan fingerprint density at radius 1 is 1.46 bits per heavy atom. The highest BCUT2D eigenvalue weighted by molar-refractivity contribution is 7.99. The molecule has 148 valence electrons. The molecule has 0 atom stereocenters. The number of carbonyl (C=O) groups is 2. The minimum atomic E-state index is -0.652. The second kappa shape index (κ2) is 8.97. The van der Waals surface area contributed by atoms with Gasteiger partial charge < -0.3 is 19.4 Å². The number of Topliss-reactive ketones (excluding diaryl/α,β-unsaturated/α-hetero) is 1. The van der Waals surface area contributed by atoms with Crippen LogP contribution in [-0.4, -0.2) is 59.6 Å². The Bertz CT molecular complexity index is 876. The summed E-state index contributed by atoms with van der Waals surface area (Å²) in [6.45, 7) is 8.76. The predicted octanol–water partition coefficient (Wildman–Crippen LogP) is 3.14. The van der Waals surface area contributed by atoms with Gasteiger partial charge in [-0.1, -0.05) is 12.2 Å². The van der Waals surface area contributed by atoms with Gasteiger partial charge in [0, 0.05) is 41.9 Å². The van der Waals surface area contributed by atoms with Crippen LogP contribution in [0, 0.1) is 0 Å². The molecule has 0 aliphatic carbocycles. The van der Waals surface area contributed by atoms with E-state index in [9.17, 15) is 9.59 Å². The molecule has 0 bridgehead atoms. The molecular formula is C20H23N3O4S. The summed E-state index contributed by atoms with van der Waals surface area (Å²) in [5.41, 5.74) is 1.48. The van der Waals surface area contributed by atoms with Gasteiger partial charge in [0.05, 0.1) is 6.61 Å². The number of thioether (sulfide) groups is 1. The van der Waals surface area contributed by atoms with E-state index in [1.54, 1.807) is 19.2 Å². The number of aromatic amines is 1. The first-order valence-corrected chi connectivity index (χ1v) is 10.2. The Labute approximate surface area is 168 Å². The van der Waals surface area contributed by atoms with Crippen molar-refractivity contribution in [3.05, 3.63) is 40.6 Å². The largest absolute Gasteiger partial charge is 0.462 e. The van der Waals surface area contributed by atoms with Crippen LogP contribution in [0.5, 0.6) is 0 Å². The summed E-state index contributed by atoms with van der Waals surface area (Å²) < 4.78 is 11.0. The summed E-state index contributed by atoms with van der Waals surface area (Å²) >= 11 is 1.83. The average molecular weight is 401 g/mol. The molecule has 2 aliphatic rings. The average Bonchev–Trinajstić information content (AvgIpc) is 3.24. The standard InChI is InChI=1S/C20H23N3O4S/c1-4-6-14-13(12-22-18(14)21-3)11-15-17(24)16(20(25)26-5-2)19(27-15)23-7-9-28-10-8-23/h4,6,11-12,22H,3,5,7-10H2,1-2H3/b6-4-,15-11-. The van der Waals surface area contributed by atoms with E-state index >= 15 is 0 Å². The van der Waals surface area contributed by atoms with Gasteiger partial charge in [0.25, 0.3) is 0 Å².